The standard InChI is InChI=1S/C42H75N2/c1-3-5-7-9-11-13-15-17-18-20-22-24-26-31-37-43-39-40-44(38-32-35-41-33-28-27-29-34-41)42(43)36-30-25-23-21-19-16-14-12-10-8-6-4-2/h27-29,33-34,39-40H,3-26,30-32,35-38H2,1-2H3/q+1. The molecule has 0 radical (unpaired) electrons. The third-order valence-electron chi connectivity index (χ3n) is 9.80. The summed E-state index contributed by atoms with van der Waals surface area (Å²) in [6, 6.07) is 11.0. The van der Waals surface area contributed by atoms with Crippen molar-refractivity contribution in [3.63, 3.8) is 0 Å². The highest BCUT2D eigenvalue weighted by Gasteiger charge is 2.16. The molecule has 0 aliphatic rings. The van der Waals surface area contributed by atoms with Gasteiger partial charge in [0.05, 0.1) is 13.1 Å². The predicted molar refractivity (Wildman–Crippen MR) is 194 cm³/mol. The summed E-state index contributed by atoms with van der Waals surface area (Å²) in [6.07, 6.45) is 45.6. The van der Waals surface area contributed by atoms with E-state index < -0.39 is 0 Å². The Bertz CT molecular complexity index is 854. The van der Waals surface area contributed by atoms with E-state index in [2.05, 4.69) is 65.7 Å². The first kappa shape index (κ1) is 38.6. The van der Waals surface area contributed by atoms with Gasteiger partial charge in [0.15, 0.2) is 0 Å². The average Bonchev–Trinajstić information content (AvgIpc) is 3.43. The summed E-state index contributed by atoms with van der Waals surface area (Å²) >= 11 is 0. The minimum atomic E-state index is 1.15. The van der Waals surface area contributed by atoms with Gasteiger partial charge in [-0.1, -0.05) is 192 Å². The van der Waals surface area contributed by atoms with Crippen LogP contribution in [-0.4, -0.2) is 4.57 Å². The Morgan fingerprint density at radius 1 is 0.455 bits per heavy atom. The molecule has 0 aliphatic carbocycles. The summed E-state index contributed by atoms with van der Waals surface area (Å²) < 4.78 is 5.20. The van der Waals surface area contributed by atoms with Gasteiger partial charge in [-0.05, 0) is 37.7 Å². The van der Waals surface area contributed by atoms with Gasteiger partial charge in [0, 0.05) is 6.42 Å². The van der Waals surface area contributed by atoms with Crippen molar-refractivity contribution in [3.05, 3.63) is 54.1 Å². The largest absolute Gasteiger partial charge is 0.256 e. The Labute approximate surface area is 275 Å². The number of rotatable bonds is 32. The fourth-order valence-corrected chi connectivity index (χ4v) is 6.89. The molecule has 0 fully saturated rings. The Kier molecular flexibility index (Phi) is 25.3. The maximum Gasteiger partial charge on any atom is 0.256 e. The summed E-state index contributed by atoms with van der Waals surface area (Å²) in [5.41, 5.74) is 1.47. The minimum Gasteiger partial charge on any atom is -0.234 e. The fraction of sp³-hybridized carbons (Fsp3) is 0.786. The summed E-state index contributed by atoms with van der Waals surface area (Å²) in [4.78, 5) is 0. The molecule has 1 aromatic carbocycles. The lowest BCUT2D eigenvalue weighted by Gasteiger charge is -2.07. The van der Waals surface area contributed by atoms with Gasteiger partial charge in [-0.2, -0.15) is 0 Å². The van der Waals surface area contributed by atoms with Crippen molar-refractivity contribution in [2.75, 3.05) is 0 Å². The van der Waals surface area contributed by atoms with Gasteiger partial charge in [0.25, 0.3) is 5.82 Å². The van der Waals surface area contributed by atoms with Crippen LogP contribution in [-0.2, 0) is 25.9 Å². The molecule has 0 amide bonds. The van der Waals surface area contributed by atoms with Gasteiger partial charge in [-0.3, -0.25) is 0 Å². The van der Waals surface area contributed by atoms with E-state index in [1.165, 1.54) is 198 Å². The number of unbranched alkanes of at least 4 members (excludes halogenated alkanes) is 24. The summed E-state index contributed by atoms with van der Waals surface area (Å²) in [7, 11) is 0. The van der Waals surface area contributed by atoms with Gasteiger partial charge in [-0.25, -0.2) is 9.13 Å². The number of imidazole rings is 1. The first-order valence-electron chi connectivity index (χ1n) is 20.0. The van der Waals surface area contributed by atoms with Crippen molar-refractivity contribution < 1.29 is 4.57 Å². The van der Waals surface area contributed by atoms with Crippen LogP contribution >= 0.6 is 0 Å². The number of aryl methyl sites for hydroxylation is 3. The fourth-order valence-electron chi connectivity index (χ4n) is 6.89. The smallest absolute Gasteiger partial charge is 0.234 e. The van der Waals surface area contributed by atoms with Crippen molar-refractivity contribution in [3.8, 4) is 0 Å². The predicted octanol–water partition coefficient (Wildman–Crippen LogP) is 13.1. The Morgan fingerprint density at radius 3 is 1.36 bits per heavy atom. The normalized spacial score (nSPS) is 11.5. The lowest BCUT2D eigenvalue weighted by molar-refractivity contribution is -0.704. The summed E-state index contributed by atoms with van der Waals surface area (Å²) in [6.45, 7) is 6.97. The van der Waals surface area contributed by atoms with Gasteiger partial charge < -0.3 is 0 Å². The number of nitrogens with zero attached hydrogens (tertiary/aromatic N) is 2. The van der Waals surface area contributed by atoms with E-state index in [0.29, 0.717) is 0 Å². The van der Waals surface area contributed by atoms with Crippen molar-refractivity contribution in [1.29, 1.82) is 0 Å². The maximum absolute atomic E-state index is 2.61. The number of benzene rings is 1. The van der Waals surface area contributed by atoms with Crippen LogP contribution in [0.2, 0.25) is 0 Å². The van der Waals surface area contributed by atoms with E-state index in [1.807, 2.05) is 0 Å². The van der Waals surface area contributed by atoms with Gasteiger partial charge >= 0.3 is 0 Å². The molecule has 44 heavy (non-hydrogen) atoms. The molecule has 2 rings (SSSR count). The Morgan fingerprint density at radius 2 is 0.886 bits per heavy atom. The molecule has 1 aromatic heterocycles. The van der Waals surface area contributed by atoms with Gasteiger partial charge in [0.2, 0.25) is 0 Å². The van der Waals surface area contributed by atoms with Crippen LogP contribution in [0.4, 0.5) is 0 Å². The maximum atomic E-state index is 2.61. The van der Waals surface area contributed by atoms with E-state index in [0.717, 1.165) is 6.54 Å². The third-order valence-corrected chi connectivity index (χ3v) is 9.80. The van der Waals surface area contributed by atoms with Crippen LogP contribution in [0.5, 0.6) is 0 Å². The first-order valence-corrected chi connectivity index (χ1v) is 20.0. The molecule has 0 aliphatic heterocycles. The highest BCUT2D eigenvalue weighted by atomic mass is 15.1. The second-order valence-electron chi connectivity index (χ2n) is 13.9. The monoisotopic (exact) mass is 608 g/mol. The molecule has 0 saturated carbocycles. The van der Waals surface area contributed by atoms with Crippen LogP contribution in [0.3, 0.4) is 0 Å². The molecular weight excluding hydrogens is 532 g/mol. The molecule has 0 unspecified atom stereocenters. The lowest BCUT2D eigenvalue weighted by Crippen LogP contribution is -2.37. The first-order chi connectivity index (χ1) is 21.8. The van der Waals surface area contributed by atoms with E-state index in [1.54, 1.807) is 5.82 Å². The topological polar surface area (TPSA) is 8.81 Å². The van der Waals surface area contributed by atoms with Gasteiger partial charge in [-0.15, -0.1) is 0 Å². The van der Waals surface area contributed by atoms with E-state index in [9.17, 15) is 0 Å². The molecule has 0 spiro atoms. The molecule has 0 saturated heterocycles. The van der Waals surface area contributed by atoms with Crippen LogP contribution < -0.4 is 4.57 Å². The molecule has 252 valence electrons. The average molecular weight is 608 g/mol. The second kappa shape index (κ2) is 28.9. The zero-order valence-corrected chi connectivity index (χ0v) is 29.9. The van der Waals surface area contributed by atoms with E-state index in [-0.39, 0.29) is 0 Å². The van der Waals surface area contributed by atoms with Crippen molar-refractivity contribution in [2.24, 2.45) is 0 Å². The van der Waals surface area contributed by atoms with E-state index >= 15 is 0 Å². The zero-order valence-electron chi connectivity index (χ0n) is 29.9. The molecule has 2 heteroatoms. The Balaban J connectivity index is 1.62. The summed E-state index contributed by atoms with van der Waals surface area (Å²) in [5, 5.41) is 0. The van der Waals surface area contributed by atoms with E-state index in [4.69, 9.17) is 0 Å². The quantitative estimate of drug-likeness (QED) is 0.0578. The number of hydrogen-bond donors (Lipinski definition) is 0. The van der Waals surface area contributed by atoms with Crippen LogP contribution in [0, 0.1) is 0 Å². The third kappa shape index (κ3) is 20.5. The Hall–Kier alpha value is -1.57. The van der Waals surface area contributed by atoms with Crippen LogP contribution in [0.1, 0.15) is 199 Å². The molecular formula is C42H75N2+. The second-order valence-corrected chi connectivity index (χ2v) is 13.9. The molecule has 2 aromatic rings. The molecule has 0 N–H and O–H groups in total. The highest BCUT2D eigenvalue weighted by molar-refractivity contribution is 5.14. The number of hydrogen-bond acceptors (Lipinski definition) is 0. The SMILES string of the molecule is CCCCCCCCCCCCCCCCn1cc[n+](CCCc2ccccc2)c1CCCCCCCCCCCCCC. The molecule has 2 nitrogen and oxygen atoms in total. The molecule has 0 bridgehead atoms. The summed E-state index contributed by atoms with van der Waals surface area (Å²) in [5.74, 6) is 1.58. The number of aromatic nitrogens is 2. The molecule has 1 heterocycles. The van der Waals surface area contributed by atoms with Crippen molar-refractivity contribution >= 4 is 0 Å². The lowest BCUT2D eigenvalue weighted by atomic mass is 10.0. The highest BCUT2D eigenvalue weighted by Crippen LogP contribution is 2.15. The molecule has 0 atom stereocenters. The minimum absolute atomic E-state index is 1.15. The van der Waals surface area contributed by atoms with Crippen molar-refractivity contribution in [1.82, 2.24) is 4.57 Å². The van der Waals surface area contributed by atoms with Crippen LogP contribution in [0.25, 0.3) is 0 Å². The zero-order chi connectivity index (χ0) is 31.2. The van der Waals surface area contributed by atoms with Crippen LogP contribution in [0.15, 0.2) is 42.7 Å². The van der Waals surface area contributed by atoms with Crippen molar-refractivity contribution in [2.45, 2.75) is 213 Å². The van der Waals surface area contributed by atoms with Gasteiger partial charge in [0.1, 0.15) is 12.4 Å².